The maximum absolute atomic E-state index is 12.8. The largest absolute Gasteiger partial charge is 0.462 e. The Morgan fingerprint density at radius 1 is 0.812 bits per heavy atom. The Morgan fingerprint density at radius 2 is 1.52 bits per heavy atom. The topological polar surface area (TPSA) is 26.3 Å². The van der Waals surface area contributed by atoms with Crippen molar-refractivity contribution in [1.29, 1.82) is 0 Å². The van der Waals surface area contributed by atoms with Gasteiger partial charge in [-0.2, -0.15) is 0 Å². The van der Waals surface area contributed by atoms with Gasteiger partial charge in [-0.15, -0.1) is 0 Å². The Balaban J connectivity index is 1.17. The molecule has 0 heterocycles. The number of esters is 1. The number of hydrogen-bond donors (Lipinski definition) is 0. The highest BCUT2D eigenvalue weighted by molar-refractivity contribution is 5.69. The van der Waals surface area contributed by atoms with Gasteiger partial charge in [-0.1, -0.05) is 140 Å². The van der Waals surface area contributed by atoms with Crippen molar-refractivity contribution in [1.82, 2.24) is 0 Å². The van der Waals surface area contributed by atoms with Crippen LogP contribution < -0.4 is 0 Å². The van der Waals surface area contributed by atoms with E-state index in [1.807, 2.05) is 0 Å². The van der Waals surface area contributed by atoms with Gasteiger partial charge in [0.25, 0.3) is 0 Å². The number of ether oxygens (including phenoxy) is 1. The minimum absolute atomic E-state index is 0.0220. The van der Waals surface area contributed by atoms with Gasteiger partial charge in [0.1, 0.15) is 6.10 Å². The van der Waals surface area contributed by atoms with E-state index in [1.54, 1.807) is 11.1 Å². The first-order valence-corrected chi connectivity index (χ1v) is 20.3. The molecule has 0 spiro atoms. The summed E-state index contributed by atoms with van der Waals surface area (Å²) >= 11 is 0. The molecule has 268 valence electrons. The molecule has 0 bridgehead atoms. The standard InChI is InChI=1S/C46H72O2/c1-8-9-10-11-12-13-14-15-16-17-18-19-20-21-22-23-44(47)48-39-30-32-45(6)38(34-39)26-27-40-42-29-28-41(46(42,7)33-31-43(40)45)37(5)25-24-36(4)35(2)3/h9-10,12-13,15-16,24-27,35-37,39,41-43H,8,11,14,17-23,28-34H2,1-7H3/t36-,37+,39-,41+,42-,43-,45-,46+/m0/s1. The zero-order valence-electron chi connectivity index (χ0n) is 32.2. The molecular weight excluding hydrogens is 585 g/mol. The second kappa shape index (κ2) is 18.8. The van der Waals surface area contributed by atoms with Crippen molar-refractivity contribution in [3.63, 3.8) is 0 Å². The van der Waals surface area contributed by atoms with Gasteiger partial charge in [0, 0.05) is 12.8 Å². The second-order valence-electron chi connectivity index (χ2n) is 16.9. The lowest BCUT2D eigenvalue weighted by molar-refractivity contribution is -0.151. The van der Waals surface area contributed by atoms with Gasteiger partial charge in [0.15, 0.2) is 0 Å². The summed E-state index contributed by atoms with van der Waals surface area (Å²) in [6.07, 6.45) is 42.9. The summed E-state index contributed by atoms with van der Waals surface area (Å²) < 4.78 is 6.10. The molecule has 0 unspecified atom stereocenters. The monoisotopic (exact) mass is 657 g/mol. The summed E-state index contributed by atoms with van der Waals surface area (Å²) in [6.45, 7) is 16.9. The van der Waals surface area contributed by atoms with Crippen molar-refractivity contribution in [3.8, 4) is 0 Å². The Kier molecular flexibility index (Phi) is 15.1. The Morgan fingerprint density at radius 3 is 2.27 bits per heavy atom. The third-order valence-electron chi connectivity index (χ3n) is 13.3. The summed E-state index contributed by atoms with van der Waals surface area (Å²) in [5.74, 6) is 4.21. The maximum atomic E-state index is 12.8. The van der Waals surface area contributed by atoms with Crippen molar-refractivity contribution in [2.75, 3.05) is 0 Å². The molecule has 0 amide bonds. The quantitative estimate of drug-likeness (QED) is 0.0833. The molecule has 2 nitrogen and oxygen atoms in total. The number of allylic oxidation sites excluding steroid dienone is 11. The Hall–Kier alpha value is -2.09. The normalized spacial score (nSPS) is 31.7. The number of carbonyl (C=O) groups excluding carboxylic acids is 1. The predicted octanol–water partition coefficient (Wildman–Crippen LogP) is 13.5. The van der Waals surface area contributed by atoms with Gasteiger partial charge in [0.05, 0.1) is 0 Å². The first-order chi connectivity index (χ1) is 23.1. The smallest absolute Gasteiger partial charge is 0.306 e. The van der Waals surface area contributed by atoms with E-state index < -0.39 is 0 Å². The number of hydrogen-bond acceptors (Lipinski definition) is 2. The van der Waals surface area contributed by atoms with E-state index in [4.69, 9.17) is 4.74 Å². The highest BCUT2D eigenvalue weighted by atomic mass is 16.5. The van der Waals surface area contributed by atoms with Crippen LogP contribution in [0.1, 0.15) is 158 Å². The zero-order chi connectivity index (χ0) is 34.6. The lowest BCUT2D eigenvalue weighted by Gasteiger charge is -2.55. The molecule has 3 fully saturated rings. The molecule has 4 aliphatic carbocycles. The van der Waals surface area contributed by atoms with E-state index in [2.05, 4.69) is 109 Å². The van der Waals surface area contributed by atoms with E-state index >= 15 is 0 Å². The number of fused-ring (bicyclic) bond motifs is 5. The van der Waals surface area contributed by atoms with Gasteiger partial charge in [-0.3, -0.25) is 4.79 Å². The first-order valence-electron chi connectivity index (χ1n) is 20.3. The zero-order valence-corrected chi connectivity index (χ0v) is 32.2. The van der Waals surface area contributed by atoms with Crippen LogP contribution in [0.25, 0.3) is 0 Å². The SMILES string of the molecule is CCC=CCC=CCC=CCCCCCCCC(=O)O[C@H]1CC[C@@]2(C)C(=CC=C3[C@@H]4CC[C@H]([C@H](C)C=C[C@H](C)C(C)C)[C@@]4(C)CC[C@@H]32)C1. The minimum Gasteiger partial charge on any atom is -0.462 e. The second-order valence-corrected chi connectivity index (χ2v) is 16.9. The van der Waals surface area contributed by atoms with Crippen LogP contribution >= 0.6 is 0 Å². The van der Waals surface area contributed by atoms with Crippen molar-refractivity contribution in [3.05, 3.63) is 71.9 Å². The molecule has 0 aromatic carbocycles. The van der Waals surface area contributed by atoms with Crippen LogP contribution in [0.2, 0.25) is 0 Å². The minimum atomic E-state index is 0.0220. The maximum Gasteiger partial charge on any atom is 0.306 e. The molecule has 3 saturated carbocycles. The van der Waals surface area contributed by atoms with E-state index in [9.17, 15) is 4.79 Å². The van der Waals surface area contributed by atoms with Gasteiger partial charge in [0.2, 0.25) is 0 Å². The fraction of sp³-hybridized carbons (Fsp3) is 0.717. The van der Waals surface area contributed by atoms with Crippen molar-refractivity contribution in [2.24, 2.45) is 46.3 Å². The van der Waals surface area contributed by atoms with Crippen LogP contribution in [0.3, 0.4) is 0 Å². The van der Waals surface area contributed by atoms with Crippen LogP contribution in [0, 0.1) is 46.3 Å². The summed E-state index contributed by atoms with van der Waals surface area (Å²) in [4.78, 5) is 12.8. The molecule has 0 aromatic rings. The summed E-state index contributed by atoms with van der Waals surface area (Å²) in [7, 11) is 0. The lowest BCUT2D eigenvalue weighted by Crippen LogP contribution is -2.46. The van der Waals surface area contributed by atoms with Crippen LogP contribution in [-0.2, 0) is 9.53 Å². The van der Waals surface area contributed by atoms with E-state index in [0.717, 1.165) is 69.6 Å². The highest BCUT2D eigenvalue weighted by Crippen LogP contribution is 2.66. The molecule has 8 atom stereocenters. The molecule has 48 heavy (non-hydrogen) atoms. The Labute approximate surface area is 296 Å². The fourth-order valence-corrected chi connectivity index (χ4v) is 9.81. The van der Waals surface area contributed by atoms with E-state index in [1.165, 1.54) is 44.9 Å². The van der Waals surface area contributed by atoms with E-state index in [-0.39, 0.29) is 17.5 Å². The third-order valence-corrected chi connectivity index (χ3v) is 13.3. The average Bonchev–Trinajstić information content (AvgIpc) is 3.42. The molecule has 0 aliphatic heterocycles. The van der Waals surface area contributed by atoms with Gasteiger partial charge < -0.3 is 4.74 Å². The Bertz CT molecular complexity index is 1190. The van der Waals surface area contributed by atoms with Crippen LogP contribution in [-0.4, -0.2) is 12.1 Å². The summed E-state index contributed by atoms with van der Waals surface area (Å²) in [5, 5.41) is 0. The van der Waals surface area contributed by atoms with Gasteiger partial charge in [-0.05, 0) is 123 Å². The molecule has 2 heteroatoms. The van der Waals surface area contributed by atoms with Crippen LogP contribution in [0.4, 0.5) is 0 Å². The molecule has 0 aromatic heterocycles. The van der Waals surface area contributed by atoms with Crippen LogP contribution in [0.15, 0.2) is 71.9 Å². The van der Waals surface area contributed by atoms with Crippen molar-refractivity contribution in [2.45, 2.75) is 164 Å². The number of rotatable bonds is 18. The van der Waals surface area contributed by atoms with Crippen LogP contribution in [0.5, 0.6) is 0 Å². The third kappa shape index (κ3) is 10.0. The molecule has 0 radical (unpaired) electrons. The van der Waals surface area contributed by atoms with E-state index in [0.29, 0.717) is 35.5 Å². The van der Waals surface area contributed by atoms with Crippen molar-refractivity contribution < 1.29 is 9.53 Å². The summed E-state index contributed by atoms with van der Waals surface area (Å²) in [5.41, 5.74) is 3.97. The van der Waals surface area contributed by atoms with Gasteiger partial charge >= 0.3 is 5.97 Å². The number of unbranched alkanes of at least 4 members (excludes halogenated alkanes) is 5. The fourth-order valence-electron chi connectivity index (χ4n) is 9.81. The average molecular weight is 657 g/mol. The van der Waals surface area contributed by atoms with Crippen molar-refractivity contribution >= 4 is 5.97 Å². The molecule has 0 N–H and O–H groups in total. The lowest BCUT2D eigenvalue weighted by atomic mass is 9.50. The number of carbonyl (C=O) groups is 1. The predicted molar refractivity (Wildman–Crippen MR) is 207 cm³/mol. The molecule has 4 rings (SSSR count). The molecule has 0 saturated heterocycles. The summed E-state index contributed by atoms with van der Waals surface area (Å²) in [6, 6.07) is 0. The first kappa shape index (κ1) is 38.7. The van der Waals surface area contributed by atoms with Gasteiger partial charge in [-0.25, -0.2) is 0 Å². The highest BCUT2D eigenvalue weighted by Gasteiger charge is 2.57. The molecule has 4 aliphatic rings. The molecular formula is C46H72O2.